The Bertz CT molecular complexity index is 915. The van der Waals surface area contributed by atoms with Crippen molar-refractivity contribution in [1.82, 2.24) is 15.0 Å². The predicted octanol–water partition coefficient (Wildman–Crippen LogP) is 3.68. The van der Waals surface area contributed by atoms with E-state index in [1.54, 1.807) is 24.4 Å². The van der Waals surface area contributed by atoms with Crippen LogP contribution in [0.4, 0.5) is 0 Å². The highest BCUT2D eigenvalue weighted by Gasteiger charge is 2.15. The lowest BCUT2D eigenvalue weighted by Crippen LogP contribution is -2.09. The zero-order valence-electron chi connectivity index (χ0n) is 13.8. The summed E-state index contributed by atoms with van der Waals surface area (Å²) in [6.07, 6.45) is 8.25. The first kappa shape index (κ1) is 15.6. The quantitative estimate of drug-likeness (QED) is 0.768. The number of benzene rings is 1. The molecule has 1 saturated carbocycles. The maximum Gasteiger partial charge on any atom is 0.302 e. The van der Waals surface area contributed by atoms with E-state index in [4.69, 9.17) is 9.47 Å². The van der Waals surface area contributed by atoms with Crippen molar-refractivity contribution in [1.29, 1.82) is 0 Å². The zero-order chi connectivity index (χ0) is 17.1. The van der Waals surface area contributed by atoms with Gasteiger partial charge in [0.25, 0.3) is 5.56 Å². The number of nitrogens with zero attached hydrogens (tertiary/aromatic N) is 2. The molecule has 1 aliphatic rings. The molecule has 2 aromatic heterocycles. The smallest absolute Gasteiger partial charge is 0.302 e. The van der Waals surface area contributed by atoms with E-state index in [9.17, 15) is 4.79 Å². The Balaban J connectivity index is 1.44. The fraction of sp³-hybridized carbons (Fsp3) is 0.316. The minimum atomic E-state index is -0.251. The van der Waals surface area contributed by atoms with Gasteiger partial charge in [-0.3, -0.25) is 14.8 Å². The van der Waals surface area contributed by atoms with Crippen molar-refractivity contribution in [3.05, 3.63) is 53.1 Å². The van der Waals surface area contributed by atoms with E-state index >= 15 is 0 Å². The Morgan fingerprint density at radius 1 is 1.08 bits per heavy atom. The van der Waals surface area contributed by atoms with Crippen molar-refractivity contribution in [3.63, 3.8) is 0 Å². The van der Waals surface area contributed by atoms with E-state index in [2.05, 4.69) is 15.0 Å². The maximum absolute atomic E-state index is 12.0. The Labute approximate surface area is 144 Å². The number of pyridine rings is 1. The van der Waals surface area contributed by atoms with Crippen LogP contribution in [0.2, 0.25) is 0 Å². The molecule has 0 aliphatic heterocycles. The number of H-pyrrole nitrogens is 1. The molecule has 4 rings (SSSR count). The van der Waals surface area contributed by atoms with Crippen molar-refractivity contribution in [2.45, 2.75) is 25.7 Å². The van der Waals surface area contributed by atoms with Gasteiger partial charge in [-0.1, -0.05) is 12.8 Å². The minimum Gasteiger partial charge on any atom is -0.493 e. The summed E-state index contributed by atoms with van der Waals surface area (Å²) < 4.78 is 11.5. The number of aromatic nitrogens is 3. The molecule has 6 heteroatoms. The van der Waals surface area contributed by atoms with Crippen LogP contribution in [-0.2, 0) is 0 Å². The molecule has 0 atom stereocenters. The average Bonchev–Trinajstić information content (AvgIpc) is 3.15. The standard InChI is InChI=1S/C19H19N3O3/c23-18-16-9-10-20-11-17(16)21-19(22-18)25-15-7-5-14(6-8-15)24-12-13-3-1-2-4-13/h5-11,13H,1-4,12H2,(H,21,22,23). The molecule has 1 fully saturated rings. The van der Waals surface area contributed by atoms with Crippen molar-refractivity contribution in [3.8, 4) is 17.5 Å². The van der Waals surface area contributed by atoms with Gasteiger partial charge in [0.15, 0.2) is 0 Å². The Kier molecular flexibility index (Phi) is 4.33. The van der Waals surface area contributed by atoms with Gasteiger partial charge in [-0.25, -0.2) is 0 Å². The summed E-state index contributed by atoms with van der Waals surface area (Å²) in [6.45, 7) is 0.771. The van der Waals surface area contributed by atoms with Gasteiger partial charge in [-0.05, 0) is 49.1 Å². The van der Waals surface area contributed by atoms with Crippen LogP contribution in [-0.4, -0.2) is 21.6 Å². The first-order chi connectivity index (χ1) is 12.3. The fourth-order valence-electron chi connectivity index (χ4n) is 3.12. The van der Waals surface area contributed by atoms with E-state index in [0.29, 0.717) is 22.6 Å². The summed E-state index contributed by atoms with van der Waals surface area (Å²) in [6, 6.07) is 9.11. The van der Waals surface area contributed by atoms with Gasteiger partial charge in [-0.15, -0.1) is 0 Å². The van der Waals surface area contributed by atoms with Gasteiger partial charge in [0.05, 0.1) is 23.7 Å². The normalized spacial score (nSPS) is 14.7. The van der Waals surface area contributed by atoms with Crippen LogP contribution in [0.25, 0.3) is 10.9 Å². The second kappa shape index (κ2) is 6.93. The van der Waals surface area contributed by atoms with E-state index in [0.717, 1.165) is 12.4 Å². The van der Waals surface area contributed by atoms with Gasteiger partial charge in [0.1, 0.15) is 11.5 Å². The predicted molar refractivity (Wildman–Crippen MR) is 94.1 cm³/mol. The molecule has 0 amide bonds. The lowest BCUT2D eigenvalue weighted by atomic mass is 10.1. The van der Waals surface area contributed by atoms with E-state index < -0.39 is 0 Å². The number of fused-ring (bicyclic) bond motifs is 1. The molecular formula is C19H19N3O3. The summed E-state index contributed by atoms with van der Waals surface area (Å²) in [7, 11) is 0. The van der Waals surface area contributed by atoms with Crippen LogP contribution >= 0.6 is 0 Å². The van der Waals surface area contributed by atoms with Crippen molar-refractivity contribution in [2.24, 2.45) is 5.92 Å². The van der Waals surface area contributed by atoms with Crippen LogP contribution < -0.4 is 15.0 Å². The molecule has 3 aromatic rings. The first-order valence-corrected chi connectivity index (χ1v) is 8.53. The third-order valence-electron chi connectivity index (χ3n) is 4.49. The van der Waals surface area contributed by atoms with Crippen LogP contribution in [0.5, 0.6) is 17.5 Å². The molecule has 6 nitrogen and oxygen atoms in total. The fourth-order valence-corrected chi connectivity index (χ4v) is 3.12. The number of hydrogen-bond acceptors (Lipinski definition) is 5. The number of rotatable bonds is 5. The second-order valence-corrected chi connectivity index (χ2v) is 6.30. The van der Waals surface area contributed by atoms with Gasteiger partial charge in [-0.2, -0.15) is 4.98 Å². The molecule has 128 valence electrons. The van der Waals surface area contributed by atoms with E-state index in [1.807, 2.05) is 12.1 Å². The van der Waals surface area contributed by atoms with Crippen LogP contribution in [0.1, 0.15) is 25.7 Å². The van der Waals surface area contributed by atoms with Crippen molar-refractivity contribution >= 4 is 10.9 Å². The van der Waals surface area contributed by atoms with Crippen molar-refractivity contribution < 1.29 is 9.47 Å². The van der Waals surface area contributed by atoms with Gasteiger partial charge in [0.2, 0.25) is 0 Å². The zero-order valence-corrected chi connectivity index (χ0v) is 13.8. The highest BCUT2D eigenvalue weighted by molar-refractivity contribution is 5.76. The number of nitrogens with one attached hydrogen (secondary N) is 1. The SMILES string of the molecule is O=c1[nH]c(Oc2ccc(OCC3CCCC3)cc2)nc2cnccc12. The monoisotopic (exact) mass is 337 g/mol. The number of aromatic amines is 1. The largest absolute Gasteiger partial charge is 0.493 e. The highest BCUT2D eigenvalue weighted by atomic mass is 16.5. The molecule has 2 heterocycles. The average molecular weight is 337 g/mol. The lowest BCUT2D eigenvalue weighted by Gasteiger charge is -2.11. The molecule has 1 N–H and O–H groups in total. The van der Waals surface area contributed by atoms with Crippen LogP contribution in [0.3, 0.4) is 0 Å². The van der Waals surface area contributed by atoms with Crippen molar-refractivity contribution in [2.75, 3.05) is 6.61 Å². The summed E-state index contributed by atoms with van der Waals surface area (Å²) in [5, 5.41) is 0.484. The number of hydrogen-bond donors (Lipinski definition) is 1. The molecule has 0 radical (unpaired) electrons. The van der Waals surface area contributed by atoms with Crippen LogP contribution in [0, 0.1) is 5.92 Å². The van der Waals surface area contributed by atoms with Gasteiger partial charge < -0.3 is 9.47 Å². The molecule has 0 saturated heterocycles. The van der Waals surface area contributed by atoms with E-state index in [1.165, 1.54) is 31.9 Å². The maximum atomic E-state index is 12.0. The number of ether oxygens (including phenoxy) is 2. The lowest BCUT2D eigenvalue weighted by molar-refractivity contribution is 0.252. The molecule has 1 aromatic carbocycles. The molecule has 0 unspecified atom stereocenters. The topological polar surface area (TPSA) is 77.1 Å². The Morgan fingerprint density at radius 2 is 1.84 bits per heavy atom. The Morgan fingerprint density at radius 3 is 2.64 bits per heavy atom. The van der Waals surface area contributed by atoms with Gasteiger partial charge >= 0.3 is 6.01 Å². The third kappa shape index (κ3) is 3.63. The summed E-state index contributed by atoms with van der Waals surface area (Å²) >= 11 is 0. The summed E-state index contributed by atoms with van der Waals surface area (Å²) in [5.41, 5.74) is 0.247. The summed E-state index contributed by atoms with van der Waals surface area (Å²) in [5.74, 6) is 2.08. The molecular weight excluding hydrogens is 318 g/mol. The summed E-state index contributed by atoms with van der Waals surface area (Å²) in [4.78, 5) is 22.9. The Hall–Kier alpha value is -2.89. The van der Waals surface area contributed by atoms with Crippen LogP contribution in [0.15, 0.2) is 47.5 Å². The first-order valence-electron chi connectivity index (χ1n) is 8.53. The minimum absolute atomic E-state index is 0.144. The second-order valence-electron chi connectivity index (χ2n) is 6.30. The van der Waals surface area contributed by atoms with Gasteiger partial charge in [0, 0.05) is 6.20 Å². The third-order valence-corrected chi connectivity index (χ3v) is 4.49. The molecule has 0 spiro atoms. The molecule has 0 bridgehead atoms. The highest BCUT2D eigenvalue weighted by Crippen LogP contribution is 2.26. The molecule has 25 heavy (non-hydrogen) atoms. The molecule has 1 aliphatic carbocycles. The van der Waals surface area contributed by atoms with E-state index in [-0.39, 0.29) is 11.6 Å².